The van der Waals surface area contributed by atoms with Crippen molar-refractivity contribution < 1.29 is 19.5 Å². The molecule has 5 heteroatoms. The second-order valence-electron chi connectivity index (χ2n) is 3.54. The molecule has 0 fully saturated rings. The maximum Gasteiger partial charge on any atom is 0.214 e. The van der Waals surface area contributed by atoms with Crippen LogP contribution in [0.25, 0.3) is 0 Å². The molecule has 92 valence electrons. The summed E-state index contributed by atoms with van der Waals surface area (Å²) in [5.41, 5.74) is 1.17. The number of oxime groups is 1. The molecule has 0 spiro atoms. The first kappa shape index (κ1) is 13.0. The minimum absolute atomic E-state index is 0.00536. The Morgan fingerprint density at radius 3 is 2.29 bits per heavy atom. The van der Waals surface area contributed by atoms with Crippen molar-refractivity contribution >= 4 is 11.5 Å². The summed E-state index contributed by atoms with van der Waals surface area (Å²) in [5, 5.41) is 11.5. The zero-order valence-corrected chi connectivity index (χ0v) is 10.3. The largest absolute Gasteiger partial charge is 0.496 e. The van der Waals surface area contributed by atoms with E-state index in [9.17, 15) is 4.79 Å². The zero-order valence-electron chi connectivity index (χ0n) is 10.3. The predicted octanol–water partition coefficient (Wildman–Crippen LogP) is 2.05. The van der Waals surface area contributed by atoms with E-state index in [-0.39, 0.29) is 5.71 Å². The van der Waals surface area contributed by atoms with Gasteiger partial charge in [-0.1, -0.05) is 5.16 Å². The van der Waals surface area contributed by atoms with Crippen molar-refractivity contribution in [3.63, 3.8) is 0 Å². The number of methoxy groups -OCH3 is 2. The van der Waals surface area contributed by atoms with Crippen LogP contribution in [0.5, 0.6) is 11.5 Å². The van der Waals surface area contributed by atoms with Crippen LogP contribution < -0.4 is 9.47 Å². The topological polar surface area (TPSA) is 68.1 Å². The van der Waals surface area contributed by atoms with Gasteiger partial charge in [-0.2, -0.15) is 0 Å². The second kappa shape index (κ2) is 5.34. The molecule has 1 rings (SSSR count). The van der Waals surface area contributed by atoms with Crippen LogP contribution >= 0.6 is 0 Å². The lowest BCUT2D eigenvalue weighted by atomic mass is 10.0. The molecule has 0 aliphatic rings. The molecular weight excluding hydrogens is 222 g/mol. The van der Waals surface area contributed by atoms with Gasteiger partial charge in [0.2, 0.25) is 5.78 Å². The monoisotopic (exact) mass is 237 g/mol. The Morgan fingerprint density at radius 2 is 1.82 bits per heavy atom. The van der Waals surface area contributed by atoms with Crippen molar-refractivity contribution in [2.75, 3.05) is 14.2 Å². The Balaban J connectivity index is 3.35. The first-order valence-corrected chi connectivity index (χ1v) is 5.01. The van der Waals surface area contributed by atoms with Gasteiger partial charge in [0, 0.05) is 0 Å². The minimum atomic E-state index is -0.400. The summed E-state index contributed by atoms with van der Waals surface area (Å²) in [6, 6.07) is 3.28. The molecule has 5 nitrogen and oxygen atoms in total. The van der Waals surface area contributed by atoms with Crippen molar-refractivity contribution in [2.45, 2.75) is 13.8 Å². The Morgan fingerprint density at radius 1 is 1.24 bits per heavy atom. The standard InChI is InChI=1S/C12H15NO4/c1-7-5-11(17-4)9(6-10(7)16-3)12(14)8(2)13-15/h5-6,15H,1-4H3. The quantitative estimate of drug-likeness (QED) is 0.376. The van der Waals surface area contributed by atoms with E-state index in [1.54, 1.807) is 12.1 Å². The van der Waals surface area contributed by atoms with Gasteiger partial charge in [0.25, 0.3) is 0 Å². The molecule has 1 aromatic rings. The van der Waals surface area contributed by atoms with E-state index < -0.39 is 5.78 Å². The van der Waals surface area contributed by atoms with E-state index >= 15 is 0 Å². The van der Waals surface area contributed by atoms with Gasteiger partial charge in [-0.15, -0.1) is 0 Å². The van der Waals surface area contributed by atoms with Crippen LogP contribution in [0, 0.1) is 6.92 Å². The lowest BCUT2D eigenvalue weighted by Crippen LogP contribution is -2.12. The van der Waals surface area contributed by atoms with Gasteiger partial charge in [0.15, 0.2) is 0 Å². The molecule has 0 aromatic heterocycles. The number of carbonyl (C=O) groups is 1. The maximum absolute atomic E-state index is 11.9. The summed E-state index contributed by atoms with van der Waals surface area (Å²) in [6.07, 6.45) is 0. The molecular formula is C12H15NO4. The van der Waals surface area contributed by atoms with Crippen LogP contribution in [0.3, 0.4) is 0 Å². The average Bonchev–Trinajstić information content (AvgIpc) is 2.36. The SMILES string of the molecule is COc1cc(C(=O)C(C)=NO)c(OC)cc1C. The number of ether oxygens (including phenoxy) is 2. The number of rotatable bonds is 4. The highest BCUT2D eigenvalue weighted by Crippen LogP contribution is 2.28. The molecule has 0 radical (unpaired) electrons. The highest BCUT2D eigenvalue weighted by molar-refractivity contribution is 6.45. The second-order valence-corrected chi connectivity index (χ2v) is 3.54. The number of hydrogen-bond acceptors (Lipinski definition) is 5. The summed E-state index contributed by atoms with van der Waals surface area (Å²) in [6.45, 7) is 3.27. The van der Waals surface area contributed by atoms with Crippen molar-refractivity contribution in [2.24, 2.45) is 5.16 Å². The normalized spacial score (nSPS) is 11.2. The van der Waals surface area contributed by atoms with Crippen LogP contribution in [-0.4, -0.2) is 30.9 Å². The summed E-state index contributed by atoms with van der Waals surface area (Å²) >= 11 is 0. The molecule has 0 atom stereocenters. The summed E-state index contributed by atoms with van der Waals surface area (Å²) in [4.78, 5) is 11.9. The molecule has 1 N–H and O–H groups in total. The van der Waals surface area contributed by atoms with Crippen LogP contribution in [0.2, 0.25) is 0 Å². The average molecular weight is 237 g/mol. The molecule has 0 saturated heterocycles. The van der Waals surface area contributed by atoms with E-state index in [1.807, 2.05) is 6.92 Å². The number of nitrogens with zero attached hydrogens (tertiary/aromatic N) is 1. The Hall–Kier alpha value is -2.04. The molecule has 0 aliphatic carbocycles. The minimum Gasteiger partial charge on any atom is -0.496 e. The fourth-order valence-electron chi connectivity index (χ4n) is 1.47. The molecule has 0 unspecified atom stereocenters. The first-order valence-electron chi connectivity index (χ1n) is 5.01. The number of hydrogen-bond donors (Lipinski definition) is 1. The molecule has 0 bridgehead atoms. The van der Waals surface area contributed by atoms with Gasteiger partial charge < -0.3 is 14.7 Å². The highest BCUT2D eigenvalue weighted by Gasteiger charge is 2.18. The number of Topliss-reactive ketones (excluding diaryl/α,β-unsaturated/α-hetero) is 1. The third kappa shape index (κ3) is 2.55. The smallest absolute Gasteiger partial charge is 0.214 e. The molecule has 1 aromatic carbocycles. The van der Waals surface area contributed by atoms with Gasteiger partial charge in [-0.25, -0.2) is 0 Å². The Kier molecular flexibility index (Phi) is 4.09. The van der Waals surface area contributed by atoms with Gasteiger partial charge >= 0.3 is 0 Å². The molecule has 0 amide bonds. The summed E-state index contributed by atoms with van der Waals surface area (Å²) in [5.74, 6) is 0.610. The lowest BCUT2D eigenvalue weighted by molar-refractivity contribution is 0.105. The van der Waals surface area contributed by atoms with Crippen molar-refractivity contribution in [1.82, 2.24) is 0 Å². The van der Waals surface area contributed by atoms with Gasteiger partial charge in [-0.3, -0.25) is 4.79 Å². The third-order valence-corrected chi connectivity index (χ3v) is 2.44. The van der Waals surface area contributed by atoms with E-state index in [2.05, 4.69) is 5.16 Å². The van der Waals surface area contributed by atoms with E-state index in [1.165, 1.54) is 21.1 Å². The van der Waals surface area contributed by atoms with Crippen molar-refractivity contribution in [1.29, 1.82) is 0 Å². The third-order valence-electron chi connectivity index (χ3n) is 2.44. The number of carbonyl (C=O) groups excluding carboxylic acids is 1. The fourth-order valence-corrected chi connectivity index (χ4v) is 1.47. The zero-order chi connectivity index (χ0) is 13.0. The number of aryl methyl sites for hydroxylation is 1. The van der Waals surface area contributed by atoms with Gasteiger partial charge in [-0.05, 0) is 31.5 Å². The first-order chi connectivity index (χ1) is 8.04. The number of benzene rings is 1. The Labute approximate surface area is 99.7 Å². The van der Waals surface area contributed by atoms with Gasteiger partial charge in [0.1, 0.15) is 17.2 Å². The summed E-state index contributed by atoms with van der Waals surface area (Å²) < 4.78 is 10.3. The molecule has 0 aliphatic heterocycles. The van der Waals surface area contributed by atoms with Crippen LogP contribution in [0.1, 0.15) is 22.8 Å². The van der Waals surface area contributed by atoms with Crippen LogP contribution in [0.4, 0.5) is 0 Å². The highest BCUT2D eigenvalue weighted by atomic mass is 16.5. The van der Waals surface area contributed by atoms with E-state index in [4.69, 9.17) is 14.7 Å². The molecule has 17 heavy (non-hydrogen) atoms. The fraction of sp³-hybridized carbons (Fsp3) is 0.333. The van der Waals surface area contributed by atoms with E-state index in [0.29, 0.717) is 17.1 Å². The Bertz CT molecular complexity index is 466. The van der Waals surface area contributed by atoms with Crippen molar-refractivity contribution in [3.8, 4) is 11.5 Å². The van der Waals surface area contributed by atoms with E-state index in [0.717, 1.165) is 5.56 Å². The van der Waals surface area contributed by atoms with Crippen LogP contribution in [-0.2, 0) is 0 Å². The lowest BCUT2D eigenvalue weighted by Gasteiger charge is -2.11. The number of ketones is 1. The molecule has 0 heterocycles. The van der Waals surface area contributed by atoms with Crippen LogP contribution in [0.15, 0.2) is 17.3 Å². The maximum atomic E-state index is 11.9. The van der Waals surface area contributed by atoms with Gasteiger partial charge in [0.05, 0.1) is 19.8 Å². The summed E-state index contributed by atoms with van der Waals surface area (Å²) in [7, 11) is 3.00. The predicted molar refractivity (Wildman–Crippen MR) is 63.5 cm³/mol. The van der Waals surface area contributed by atoms with Crippen molar-refractivity contribution in [3.05, 3.63) is 23.3 Å². The molecule has 0 saturated carbocycles.